The van der Waals surface area contributed by atoms with E-state index in [4.69, 9.17) is 10.0 Å². The average Bonchev–Trinajstić information content (AvgIpc) is 2.23. The minimum atomic E-state index is -1.54. The summed E-state index contributed by atoms with van der Waals surface area (Å²) in [5, 5.41) is 18.0. The molecule has 0 saturated carbocycles. The van der Waals surface area contributed by atoms with E-state index in [1.165, 1.54) is 16.8 Å². The minimum Gasteiger partial charge on any atom is -0.423 e. The molecule has 6 heteroatoms. The molecule has 0 bridgehead atoms. The van der Waals surface area contributed by atoms with E-state index < -0.39 is 7.12 Å². The molecule has 1 aromatic heterocycles. The van der Waals surface area contributed by atoms with Gasteiger partial charge in [-0.15, -0.1) is 0 Å². The molecule has 15 heavy (non-hydrogen) atoms. The van der Waals surface area contributed by atoms with Crippen LogP contribution in [0.3, 0.4) is 0 Å². The second-order valence-electron chi connectivity index (χ2n) is 3.28. The number of benzene rings is 1. The van der Waals surface area contributed by atoms with Crippen LogP contribution in [0.4, 0.5) is 0 Å². The number of hydrogen-bond donors (Lipinski definition) is 2. The highest BCUT2D eigenvalue weighted by atomic mass is 16.4. The molecule has 1 heterocycles. The van der Waals surface area contributed by atoms with Crippen molar-refractivity contribution < 1.29 is 10.0 Å². The number of nitrogens with zero attached hydrogens (tertiary/aromatic N) is 2. The second-order valence-corrected chi connectivity index (χ2v) is 3.28. The first-order chi connectivity index (χ1) is 7.09. The molecule has 2 aromatic rings. The lowest BCUT2D eigenvalue weighted by molar-refractivity contribution is 0.426. The second kappa shape index (κ2) is 3.49. The fourth-order valence-electron chi connectivity index (χ4n) is 1.41. The standard InChI is InChI=1S/C9H9BN2O3/c1-12-8-4-6(10(14)15)2-3-7(8)11-5-9(12)13/h2-5,14-15H,1H3. The summed E-state index contributed by atoms with van der Waals surface area (Å²) in [4.78, 5) is 15.2. The van der Waals surface area contributed by atoms with Gasteiger partial charge >= 0.3 is 7.12 Å². The van der Waals surface area contributed by atoms with Gasteiger partial charge in [-0.3, -0.25) is 4.79 Å². The molecule has 0 aliphatic heterocycles. The highest BCUT2D eigenvalue weighted by Gasteiger charge is 2.12. The highest BCUT2D eigenvalue weighted by Crippen LogP contribution is 2.05. The predicted molar refractivity (Wildman–Crippen MR) is 56.8 cm³/mol. The normalized spacial score (nSPS) is 10.6. The largest absolute Gasteiger partial charge is 0.488 e. The maximum Gasteiger partial charge on any atom is 0.488 e. The molecule has 0 saturated heterocycles. The molecule has 2 rings (SSSR count). The SMILES string of the molecule is Cn1c(=O)cnc2ccc(B(O)O)cc21. The number of fused-ring (bicyclic) bond motifs is 1. The highest BCUT2D eigenvalue weighted by molar-refractivity contribution is 6.58. The van der Waals surface area contributed by atoms with Crippen molar-refractivity contribution in [1.29, 1.82) is 0 Å². The molecule has 1 aromatic carbocycles. The molecular weight excluding hydrogens is 195 g/mol. The van der Waals surface area contributed by atoms with Crippen LogP contribution in [0, 0.1) is 0 Å². The third-order valence-corrected chi connectivity index (χ3v) is 2.30. The van der Waals surface area contributed by atoms with Gasteiger partial charge in [-0.05, 0) is 17.6 Å². The van der Waals surface area contributed by atoms with Crippen LogP contribution < -0.4 is 11.0 Å². The molecule has 2 N–H and O–H groups in total. The minimum absolute atomic E-state index is 0.230. The van der Waals surface area contributed by atoms with Crippen LogP contribution >= 0.6 is 0 Å². The number of aryl methyl sites for hydroxylation is 1. The quantitative estimate of drug-likeness (QED) is 0.561. The van der Waals surface area contributed by atoms with Crippen LogP contribution in [-0.2, 0) is 7.05 Å². The summed E-state index contributed by atoms with van der Waals surface area (Å²) in [6.45, 7) is 0. The van der Waals surface area contributed by atoms with Crippen LogP contribution in [0.1, 0.15) is 0 Å². The van der Waals surface area contributed by atoms with Crippen molar-refractivity contribution in [2.24, 2.45) is 7.05 Å². The van der Waals surface area contributed by atoms with Gasteiger partial charge in [-0.2, -0.15) is 0 Å². The Hall–Kier alpha value is -1.66. The number of hydrogen-bond acceptors (Lipinski definition) is 4. The molecule has 0 atom stereocenters. The summed E-state index contributed by atoms with van der Waals surface area (Å²) < 4.78 is 1.41. The van der Waals surface area contributed by atoms with E-state index in [1.807, 2.05) is 0 Å². The third-order valence-electron chi connectivity index (χ3n) is 2.30. The molecule has 5 nitrogen and oxygen atoms in total. The van der Waals surface area contributed by atoms with E-state index in [9.17, 15) is 4.79 Å². The van der Waals surface area contributed by atoms with Gasteiger partial charge in [-0.1, -0.05) is 6.07 Å². The summed E-state index contributed by atoms with van der Waals surface area (Å²) in [6, 6.07) is 4.74. The van der Waals surface area contributed by atoms with Crippen molar-refractivity contribution in [3.8, 4) is 0 Å². The Morgan fingerprint density at radius 2 is 2.13 bits per heavy atom. The molecule has 0 spiro atoms. The van der Waals surface area contributed by atoms with Crippen LogP contribution in [0.15, 0.2) is 29.2 Å². The lowest BCUT2D eigenvalue weighted by Gasteiger charge is -2.05. The van der Waals surface area contributed by atoms with Gasteiger partial charge < -0.3 is 14.6 Å². The fourth-order valence-corrected chi connectivity index (χ4v) is 1.41. The average molecular weight is 204 g/mol. The van der Waals surface area contributed by atoms with Crippen molar-refractivity contribution in [3.05, 3.63) is 34.7 Å². The molecular formula is C9H9BN2O3. The van der Waals surface area contributed by atoms with Gasteiger partial charge in [0.2, 0.25) is 0 Å². The van der Waals surface area contributed by atoms with Gasteiger partial charge in [0, 0.05) is 7.05 Å². The molecule has 0 radical (unpaired) electrons. The van der Waals surface area contributed by atoms with Gasteiger partial charge in [0.25, 0.3) is 5.56 Å². The van der Waals surface area contributed by atoms with Gasteiger partial charge in [0.05, 0.1) is 17.2 Å². The maximum atomic E-state index is 11.3. The molecule has 0 aliphatic rings. The summed E-state index contributed by atoms with van der Waals surface area (Å²) in [5.41, 5.74) is 1.33. The monoisotopic (exact) mass is 204 g/mol. The van der Waals surface area contributed by atoms with Crippen molar-refractivity contribution in [1.82, 2.24) is 9.55 Å². The van der Waals surface area contributed by atoms with E-state index in [-0.39, 0.29) is 5.56 Å². The Morgan fingerprint density at radius 1 is 1.40 bits per heavy atom. The molecule has 0 aliphatic carbocycles. The zero-order valence-corrected chi connectivity index (χ0v) is 8.08. The van der Waals surface area contributed by atoms with E-state index in [2.05, 4.69) is 4.98 Å². The zero-order valence-electron chi connectivity index (χ0n) is 8.08. The summed E-state index contributed by atoms with van der Waals surface area (Å²) in [6.07, 6.45) is 1.23. The summed E-state index contributed by atoms with van der Waals surface area (Å²) in [5.74, 6) is 0. The van der Waals surface area contributed by atoms with E-state index in [1.54, 1.807) is 19.2 Å². The van der Waals surface area contributed by atoms with E-state index in [0.29, 0.717) is 16.5 Å². The molecule has 0 unspecified atom stereocenters. The Labute approximate surface area is 85.8 Å². The zero-order chi connectivity index (χ0) is 11.0. The Kier molecular flexibility index (Phi) is 2.30. The van der Waals surface area contributed by atoms with E-state index >= 15 is 0 Å². The first kappa shape index (κ1) is 9.88. The van der Waals surface area contributed by atoms with E-state index in [0.717, 1.165) is 0 Å². The smallest absolute Gasteiger partial charge is 0.423 e. The topological polar surface area (TPSA) is 75.4 Å². The van der Waals surface area contributed by atoms with Crippen molar-refractivity contribution in [3.63, 3.8) is 0 Å². The predicted octanol–water partition coefficient (Wildman–Crippen LogP) is -1.39. The first-order valence-corrected chi connectivity index (χ1v) is 4.41. The van der Waals surface area contributed by atoms with Gasteiger partial charge in [0.1, 0.15) is 0 Å². The van der Waals surface area contributed by atoms with Gasteiger partial charge in [-0.25, -0.2) is 4.98 Å². The van der Waals surface area contributed by atoms with Crippen molar-refractivity contribution >= 4 is 23.6 Å². The van der Waals surface area contributed by atoms with Crippen molar-refractivity contribution in [2.75, 3.05) is 0 Å². The molecule has 0 fully saturated rings. The number of aromatic nitrogens is 2. The Morgan fingerprint density at radius 3 is 2.80 bits per heavy atom. The Bertz CT molecular complexity index is 565. The fraction of sp³-hybridized carbons (Fsp3) is 0.111. The van der Waals surface area contributed by atoms with Crippen LogP contribution in [0.5, 0.6) is 0 Å². The van der Waals surface area contributed by atoms with Gasteiger partial charge in [0.15, 0.2) is 0 Å². The van der Waals surface area contributed by atoms with Crippen LogP contribution in [0.2, 0.25) is 0 Å². The lowest BCUT2D eigenvalue weighted by atomic mass is 9.80. The van der Waals surface area contributed by atoms with Crippen molar-refractivity contribution in [2.45, 2.75) is 0 Å². The summed E-state index contributed by atoms with van der Waals surface area (Å²) >= 11 is 0. The Balaban J connectivity index is 2.79. The number of rotatable bonds is 1. The summed E-state index contributed by atoms with van der Waals surface area (Å²) in [7, 11) is 0.0737. The lowest BCUT2D eigenvalue weighted by Crippen LogP contribution is -2.30. The van der Waals surface area contributed by atoms with Crippen LogP contribution in [0.25, 0.3) is 11.0 Å². The third kappa shape index (κ3) is 1.64. The van der Waals surface area contributed by atoms with Crippen LogP contribution in [-0.4, -0.2) is 26.7 Å². The molecule has 0 amide bonds. The maximum absolute atomic E-state index is 11.3. The first-order valence-electron chi connectivity index (χ1n) is 4.41. The molecule has 76 valence electrons.